The van der Waals surface area contributed by atoms with Gasteiger partial charge in [0.05, 0.1) is 6.61 Å². The molecule has 1 saturated heterocycles. The first-order chi connectivity index (χ1) is 10.1. The van der Waals surface area contributed by atoms with Gasteiger partial charge in [0.2, 0.25) is 0 Å². The van der Waals surface area contributed by atoms with Crippen LogP contribution >= 0.6 is 0 Å². The standard InChI is InChI=1S/C15H25N3O3/c1-4-20-14(19)13-10-21-15(17-13)18-7-5-6-12(9-18)8-16-11(2)3/h10-12,16H,4-9H2,1-3H3. The lowest BCUT2D eigenvalue weighted by molar-refractivity contribution is 0.0519. The van der Waals surface area contributed by atoms with Crippen molar-refractivity contribution in [2.45, 2.75) is 39.7 Å². The van der Waals surface area contributed by atoms with Crippen LogP contribution in [0.2, 0.25) is 0 Å². The Labute approximate surface area is 125 Å². The van der Waals surface area contributed by atoms with Gasteiger partial charge in [0.25, 0.3) is 6.01 Å². The van der Waals surface area contributed by atoms with Crippen molar-refractivity contribution in [3.8, 4) is 0 Å². The second-order valence-corrected chi connectivity index (χ2v) is 5.75. The van der Waals surface area contributed by atoms with Crippen molar-refractivity contribution >= 4 is 12.0 Å². The summed E-state index contributed by atoms with van der Waals surface area (Å²) >= 11 is 0. The number of carbonyl (C=O) groups is 1. The molecule has 0 saturated carbocycles. The van der Waals surface area contributed by atoms with E-state index in [4.69, 9.17) is 9.15 Å². The van der Waals surface area contributed by atoms with E-state index in [0.717, 1.165) is 26.1 Å². The third-order valence-electron chi connectivity index (χ3n) is 3.58. The minimum absolute atomic E-state index is 0.245. The predicted octanol–water partition coefficient (Wildman–Crippen LogP) is 2.07. The number of rotatable bonds is 6. The number of oxazole rings is 1. The van der Waals surface area contributed by atoms with Crippen LogP contribution in [0.25, 0.3) is 0 Å². The number of nitrogens with one attached hydrogen (secondary N) is 1. The van der Waals surface area contributed by atoms with E-state index in [1.807, 2.05) is 0 Å². The number of hydrogen-bond acceptors (Lipinski definition) is 6. The second-order valence-electron chi connectivity index (χ2n) is 5.75. The summed E-state index contributed by atoms with van der Waals surface area (Å²) < 4.78 is 10.4. The van der Waals surface area contributed by atoms with Crippen molar-refractivity contribution in [2.24, 2.45) is 5.92 Å². The molecule has 1 aliphatic rings. The summed E-state index contributed by atoms with van der Waals surface area (Å²) in [5.74, 6) is 0.154. The van der Waals surface area contributed by atoms with Gasteiger partial charge in [-0.05, 0) is 32.2 Å². The number of nitrogens with zero attached hydrogens (tertiary/aromatic N) is 2. The molecule has 1 atom stereocenters. The number of carbonyl (C=O) groups excluding carboxylic acids is 1. The third-order valence-corrected chi connectivity index (χ3v) is 3.58. The highest BCUT2D eigenvalue weighted by atomic mass is 16.5. The number of anilines is 1. The summed E-state index contributed by atoms with van der Waals surface area (Å²) in [5, 5.41) is 3.48. The Balaban J connectivity index is 1.93. The van der Waals surface area contributed by atoms with Gasteiger partial charge in [0.1, 0.15) is 6.26 Å². The van der Waals surface area contributed by atoms with Crippen molar-refractivity contribution in [2.75, 3.05) is 31.1 Å². The molecule has 2 rings (SSSR count). The summed E-state index contributed by atoms with van der Waals surface area (Å²) in [5.41, 5.74) is 0.245. The van der Waals surface area contributed by atoms with Crippen LogP contribution in [-0.4, -0.2) is 43.2 Å². The average molecular weight is 295 g/mol. The lowest BCUT2D eigenvalue weighted by Gasteiger charge is -2.32. The first-order valence-corrected chi connectivity index (χ1v) is 7.71. The monoisotopic (exact) mass is 295 g/mol. The van der Waals surface area contributed by atoms with Gasteiger partial charge in [-0.25, -0.2) is 4.79 Å². The first-order valence-electron chi connectivity index (χ1n) is 7.71. The van der Waals surface area contributed by atoms with Crippen molar-refractivity contribution in [1.82, 2.24) is 10.3 Å². The molecule has 0 radical (unpaired) electrons. The van der Waals surface area contributed by atoms with Gasteiger partial charge in [-0.3, -0.25) is 0 Å². The van der Waals surface area contributed by atoms with Crippen LogP contribution in [-0.2, 0) is 4.74 Å². The first kappa shape index (κ1) is 15.8. The molecule has 1 unspecified atom stereocenters. The zero-order valence-electron chi connectivity index (χ0n) is 13.1. The average Bonchev–Trinajstić information content (AvgIpc) is 2.95. The largest absolute Gasteiger partial charge is 0.461 e. The van der Waals surface area contributed by atoms with Crippen molar-refractivity contribution in [1.29, 1.82) is 0 Å². The molecule has 1 aromatic rings. The van der Waals surface area contributed by atoms with E-state index in [1.165, 1.54) is 12.7 Å². The maximum Gasteiger partial charge on any atom is 0.360 e. The van der Waals surface area contributed by atoms with Crippen molar-refractivity contribution < 1.29 is 13.9 Å². The van der Waals surface area contributed by atoms with E-state index in [0.29, 0.717) is 24.6 Å². The Morgan fingerprint density at radius 2 is 2.43 bits per heavy atom. The fraction of sp³-hybridized carbons (Fsp3) is 0.733. The van der Waals surface area contributed by atoms with Crippen LogP contribution in [0.5, 0.6) is 0 Å². The maximum atomic E-state index is 11.6. The Hall–Kier alpha value is -1.56. The van der Waals surface area contributed by atoms with Gasteiger partial charge in [0, 0.05) is 19.1 Å². The number of ether oxygens (including phenoxy) is 1. The Morgan fingerprint density at radius 3 is 3.14 bits per heavy atom. The predicted molar refractivity (Wildman–Crippen MR) is 80.5 cm³/mol. The SMILES string of the molecule is CCOC(=O)c1coc(N2CCCC(CNC(C)C)C2)n1. The Bertz CT molecular complexity index is 459. The molecule has 1 aliphatic heterocycles. The number of aromatic nitrogens is 1. The molecule has 0 amide bonds. The van der Waals surface area contributed by atoms with Crippen molar-refractivity contribution in [3.63, 3.8) is 0 Å². The Morgan fingerprint density at radius 1 is 1.62 bits per heavy atom. The summed E-state index contributed by atoms with van der Waals surface area (Å²) in [4.78, 5) is 18.0. The quantitative estimate of drug-likeness (QED) is 0.810. The molecule has 118 valence electrons. The van der Waals surface area contributed by atoms with E-state index in [9.17, 15) is 4.79 Å². The number of esters is 1. The third kappa shape index (κ3) is 4.46. The van der Waals surface area contributed by atoms with Crippen LogP contribution in [0.3, 0.4) is 0 Å². The second kappa shape index (κ2) is 7.45. The van der Waals surface area contributed by atoms with E-state index in [-0.39, 0.29) is 5.69 Å². The highest BCUT2D eigenvalue weighted by molar-refractivity contribution is 5.87. The molecule has 1 fully saturated rings. The van der Waals surface area contributed by atoms with E-state index < -0.39 is 5.97 Å². The van der Waals surface area contributed by atoms with Crippen LogP contribution in [0, 0.1) is 5.92 Å². The normalized spacial score (nSPS) is 19.0. The van der Waals surface area contributed by atoms with Crippen LogP contribution < -0.4 is 10.2 Å². The molecule has 0 spiro atoms. The zero-order chi connectivity index (χ0) is 15.2. The number of piperidine rings is 1. The van der Waals surface area contributed by atoms with Crippen LogP contribution in [0.1, 0.15) is 44.1 Å². The molecule has 6 nitrogen and oxygen atoms in total. The van der Waals surface area contributed by atoms with Gasteiger partial charge >= 0.3 is 5.97 Å². The smallest absolute Gasteiger partial charge is 0.360 e. The van der Waals surface area contributed by atoms with E-state index in [1.54, 1.807) is 6.92 Å². The summed E-state index contributed by atoms with van der Waals surface area (Å²) in [6.07, 6.45) is 3.70. The van der Waals surface area contributed by atoms with Crippen molar-refractivity contribution in [3.05, 3.63) is 12.0 Å². The van der Waals surface area contributed by atoms with Gasteiger partial charge in [-0.2, -0.15) is 4.98 Å². The molecule has 6 heteroatoms. The fourth-order valence-electron chi connectivity index (χ4n) is 2.52. The highest BCUT2D eigenvalue weighted by Crippen LogP contribution is 2.22. The molecule has 2 heterocycles. The molecular weight excluding hydrogens is 270 g/mol. The highest BCUT2D eigenvalue weighted by Gasteiger charge is 2.24. The lowest BCUT2D eigenvalue weighted by Crippen LogP contribution is -2.41. The molecule has 1 N–H and O–H groups in total. The van der Waals surface area contributed by atoms with Gasteiger partial charge in [-0.1, -0.05) is 13.8 Å². The van der Waals surface area contributed by atoms with E-state index in [2.05, 4.69) is 29.0 Å². The molecule has 0 bridgehead atoms. The molecular formula is C15H25N3O3. The van der Waals surface area contributed by atoms with Gasteiger partial charge < -0.3 is 19.4 Å². The Kier molecular flexibility index (Phi) is 5.61. The van der Waals surface area contributed by atoms with E-state index >= 15 is 0 Å². The summed E-state index contributed by atoms with van der Waals surface area (Å²) in [6, 6.07) is 1.02. The van der Waals surface area contributed by atoms with Crippen LogP contribution in [0.15, 0.2) is 10.7 Å². The molecule has 1 aromatic heterocycles. The number of hydrogen-bond donors (Lipinski definition) is 1. The van der Waals surface area contributed by atoms with Gasteiger partial charge in [0.15, 0.2) is 5.69 Å². The van der Waals surface area contributed by atoms with Crippen LogP contribution in [0.4, 0.5) is 6.01 Å². The zero-order valence-corrected chi connectivity index (χ0v) is 13.1. The topological polar surface area (TPSA) is 67.6 Å². The summed E-state index contributed by atoms with van der Waals surface area (Å²) in [7, 11) is 0. The minimum atomic E-state index is -0.428. The minimum Gasteiger partial charge on any atom is -0.461 e. The maximum absolute atomic E-state index is 11.6. The summed E-state index contributed by atoms with van der Waals surface area (Å²) in [6.45, 7) is 9.24. The fourth-order valence-corrected chi connectivity index (χ4v) is 2.52. The van der Waals surface area contributed by atoms with Gasteiger partial charge in [-0.15, -0.1) is 0 Å². The molecule has 0 aromatic carbocycles. The molecule has 0 aliphatic carbocycles. The molecule has 21 heavy (non-hydrogen) atoms. The lowest BCUT2D eigenvalue weighted by atomic mass is 9.98.